The van der Waals surface area contributed by atoms with E-state index in [4.69, 9.17) is 9.47 Å². The van der Waals surface area contributed by atoms with E-state index in [0.717, 1.165) is 37.5 Å². The zero-order valence-corrected chi connectivity index (χ0v) is 18.4. The fourth-order valence-electron chi connectivity index (χ4n) is 5.32. The zero-order valence-electron chi connectivity index (χ0n) is 18.4. The zero-order chi connectivity index (χ0) is 21.5. The molecule has 2 saturated carbocycles. The molecule has 0 aromatic heterocycles. The molecule has 1 aromatic carbocycles. The van der Waals surface area contributed by atoms with E-state index in [2.05, 4.69) is 6.92 Å². The third-order valence-corrected chi connectivity index (χ3v) is 7.15. The van der Waals surface area contributed by atoms with Gasteiger partial charge in [0.2, 0.25) is 11.6 Å². The molecule has 3 nitrogen and oxygen atoms in total. The summed E-state index contributed by atoms with van der Waals surface area (Å²) in [6.45, 7) is 4.19. The molecule has 5 heteroatoms. The summed E-state index contributed by atoms with van der Waals surface area (Å²) in [7, 11) is 0. The number of halogens is 2. The minimum Gasteiger partial charge on any atom is -0.491 e. The van der Waals surface area contributed by atoms with Crippen LogP contribution in [0.1, 0.15) is 84.5 Å². The molecule has 30 heavy (non-hydrogen) atoms. The van der Waals surface area contributed by atoms with Gasteiger partial charge >= 0.3 is 5.97 Å². The second-order valence-corrected chi connectivity index (χ2v) is 9.08. The summed E-state index contributed by atoms with van der Waals surface area (Å²) in [4.78, 5) is 12.5. The van der Waals surface area contributed by atoms with Crippen molar-refractivity contribution >= 4 is 5.97 Å². The second kappa shape index (κ2) is 11.1. The molecule has 0 unspecified atom stereocenters. The van der Waals surface area contributed by atoms with Crippen LogP contribution < -0.4 is 9.47 Å². The Kier molecular flexibility index (Phi) is 8.52. The van der Waals surface area contributed by atoms with Crippen molar-refractivity contribution in [3.05, 3.63) is 23.8 Å². The lowest BCUT2D eigenvalue weighted by Crippen LogP contribution is -2.30. The molecule has 0 heterocycles. The molecular weight excluding hydrogens is 386 g/mol. The van der Waals surface area contributed by atoms with Gasteiger partial charge in [0.1, 0.15) is 0 Å². The van der Waals surface area contributed by atoms with Crippen LogP contribution >= 0.6 is 0 Å². The van der Waals surface area contributed by atoms with Gasteiger partial charge < -0.3 is 9.47 Å². The normalized spacial score (nSPS) is 26.9. The number of hydrogen-bond acceptors (Lipinski definition) is 3. The Morgan fingerprint density at radius 3 is 2.07 bits per heavy atom. The van der Waals surface area contributed by atoms with E-state index in [1.54, 1.807) is 6.92 Å². The maximum Gasteiger partial charge on any atom is 0.314 e. The lowest BCUT2D eigenvalue weighted by Gasteiger charge is -2.37. The SMILES string of the molecule is CCCC[C@H]1CC[C@H](C2CCC(C(=O)Oc3ccc(OCC)c(F)c3F)CC2)CC1. The van der Waals surface area contributed by atoms with Gasteiger partial charge in [-0.1, -0.05) is 39.0 Å². The van der Waals surface area contributed by atoms with Gasteiger partial charge in [-0.3, -0.25) is 4.79 Å². The van der Waals surface area contributed by atoms with Crippen LogP contribution in [-0.4, -0.2) is 12.6 Å². The Hall–Kier alpha value is -1.65. The summed E-state index contributed by atoms with van der Waals surface area (Å²) in [5.74, 6) is -1.07. The highest BCUT2D eigenvalue weighted by Gasteiger charge is 2.34. The molecular formula is C25H36F2O3. The van der Waals surface area contributed by atoms with E-state index in [0.29, 0.717) is 5.92 Å². The van der Waals surface area contributed by atoms with E-state index in [1.165, 1.54) is 57.1 Å². The quantitative estimate of drug-likeness (QED) is 0.332. The lowest BCUT2D eigenvalue weighted by atomic mass is 9.68. The van der Waals surface area contributed by atoms with Crippen molar-refractivity contribution < 1.29 is 23.0 Å². The minimum absolute atomic E-state index is 0.167. The van der Waals surface area contributed by atoms with Crippen molar-refractivity contribution in [2.75, 3.05) is 6.61 Å². The molecule has 2 fully saturated rings. The van der Waals surface area contributed by atoms with Crippen molar-refractivity contribution in [1.29, 1.82) is 0 Å². The van der Waals surface area contributed by atoms with Gasteiger partial charge in [0.15, 0.2) is 11.5 Å². The maximum atomic E-state index is 14.2. The standard InChI is InChI=1S/C25H36F2O3/c1-3-5-6-17-7-9-18(10-8-17)19-11-13-20(14-12-19)25(28)30-22-16-15-21(29-4-2)23(26)24(22)27/h15-20H,3-14H2,1-2H3/t17-,18-,19?,20?. The molecule has 0 radical (unpaired) electrons. The first-order valence-corrected chi connectivity index (χ1v) is 11.9. The number of carbonyl (C=O) groups is 1. The second-order valence-electron chi connectivity index (χ2n) is 9.08. The molecule has 0 amide bonds. The summed E-state index contributed by atoms with van der Waals surface area (Å²) in [5, 5.41) is 0. The number of carbonyl (C=O) groups excluding carboxylic acids is 1. The first-order valence-electron chi connectivity index (χ1n) is 11.9. The van der Waals surface area contributed by atoms with Crippen LogP contribution in [0.15, 0.2) is 12.1 Å². The maximum absolute atomic E-state index is 14.2. The summed E-state index contributed by atoms with van der Waals surface area (Å²) < 4.78 is 38.5. The first-order chi connectivity index (χ1) is 14.5. The average molecular weight is 423 g/mol. The predicted octanol–water partition coefficient (Wildman–Crippen LogP) is 7.07. The largest absolute Gasteiger partial charge is 0.491 e. The highest BCUT2D eigenvalue weighted by molar-refractivity contribution is 5.75. The third kappa shape index (κ3) is 5.73. The van der Waals surface area contributed by atoms with E-state index < -0.39 is 17.6 Å². The monoisotopic (exact) mass is 422 g/mol. The molecule has 168 valence electrons. The van der Waals surface area contributed by atoms with Crippen molar-refractivity contribution in [3.8, 4) is 11.5 Å². The minimum atomic E-state index is -1.16. The Balaban J connectivity index is 1.46. The summed E-state index contributed by atoms with van der Waals surface area (Å²) >= 11 is 0. The first kappa shape index (κ1) is 23.0. The molecule has 0 atom stereocenters. The van der Waals surface area contributed by atoms with Gasteiger partial charge in [-0.25, -0.2) is 0 Å². The fraction of sp³-hybridized carbons (Fsp3) is 0.720. The Bertz CT molecular complexity index is 690. The van der Waals surface area contributed by atoms with Crippen LogP contribution in [0.4, 0.5) is 8.78 Å². The van der Waals surface area contributed by atoms with Crippen LogP contribution in [0.2, 0.25) is 0 Å². The van der Waals surface area contributed by atoms with E-state index in [9.17, 15) is 13.6 Å². The van der Waals surface area contributed by atoms with E-state index >= 15 is 0 Å². The van der Waals surface area contributed by atoms with Gasteiger partial charge in [0.25, 0.3) is 0 Å². The van der Waals surface area contributed by atoms with Crippen molar-refractivity contribution in [1.82, 2.24) is 0 Å². The van der Waals surface area contributed by atoms with Gasteiger partial charge in [0.05, 0.1) is 12.5 Å². The van der Waals surface area contributed by atoms with Crippen LogP contribution in [0, 0.1) is 35.3 Å². The Morgan fingerprint density at radius 2 is 1.47 bits per heavy atom. The molecule has 3 rings (SSSR count). The topological polar surface area (TPSA) is 35.5 Å². The number of rotatable bonds is 8. The van der Waals surface area contributed by atoms with E-state index in [1.807, 2.05) is 0 Å². The van der Waals surface area contributed by atoms with Gasteiger partial charge in [-0.05, 0) is 75.3 Å². The number of benzene rings is 1. The van der Waals surface area contributed by atoms with Crippen LogP contribution in [0.5, 0.6) is 11.5 Å². The molecule has 0 saturated heterocycles. The number of unbranched alkanes of at least 4 members (excludes halogenated alkanes) is 1. The molecule has 0 bridgehead atoms. The van der Waals surface area contributed by atoms with Gasteiger partial charge in [0, 0.05) is 0 Å². The van der Waals surface area contributed by atoms with Crippen molar-refractivity contribution in [2.24, 2.45) is 23.7 Å². The molecule has 2 aliphatic carbocycles. The van der Waals surface area contributed by atoms with Gasteiger partial charge in [-0.15, -0.1) is 0 Å². The highest BCUT2D eigenvalue weighted by Crippen LogP contribution is 2.42. The molecule has 0 aliphatic heterocycles. The molecule has 2 aliphatic rings. The number of ether oxygens (including phenoxy) is 2. The van der Waals surface area contributed by atoms with Gasteiger partial charge in [-0.2, -0.15) is 8.78 Å². The Labute approximate surface area is 179 Å². The summed E-state index contributed by atoms with van der Waals surface area (Å²) in [5.41, 5.74) is 0. The summed E-state index contributed by atoms with van der Waals surface area (Å²) in [6.07, 6.45) is 13.0. The Morgan fingerprint density at radius 1 is 0.900 bits per heavy atom. The number of esters is 1. The van der Waals surface area contributed by atoms with Crippen LogP contribution in [0.3, 0.4) is 0 Å². The van der Waals surface area contributed by atoms with Crippen molar-refractivity contribution in [3.63, 3.8) is 0 Å². The third-order valence-electron chi connectivity index (χ3n) is 7.15. The van der Waals surface area contributed by atoms with Crippen molar-refractivity contribution in [2.45, 2.75) is 84.5 Å². The molecule has 1 aromatic rings. The van der Waals surface area contributed by atoms with E-state index in [-0.39, 0.29) is 24.0 Å². The molecule has 0 N–H and O–H groups in total. The number of hydrogen-bond donors (Lipinski definition) is 0. The summed E-state index contributed by atoms with van der Waals surface area (Å²) in [6, 6.07) is 2.57. The fourth-order valence-corrected chi connectivity index (χ4v) is 5.32. The average Bonchev–Trinajstić information content (AvgIpc) is 2.78. The van der Waals surface area contributed by atoms with Crippen LogP contribution in [-0.2, 0) is 4.79 Å². The van der Waals surface area contributed by atoms with Crippen LogP contribution in [0.25, 0.3) is 0 Å². The lowest BCUT2D eigenvalue weighted by molar-refractivity contribution is -0.140. The smallest absolute Gasteiger partial charge is 0.314 e. The predicted molar refractivity (Wildman–Crippen MR) is 114 cm³/mol. The highest BCUT2D eigenvalue weighted by atomic mass is 19.2. The molecule has 0 spiro atoms.